The lowest BCUT2D eigenvalue weighted by Gasteiger charge is -2.04. The zero-order chi connectivity index (χ0) is 19.0. The summed E-state index contributed by atoms with van der Waals surface area (Å²) < 4.78 is 1.95. The maximum absolute atomic E-state index is 9.43. The molecule has 0 unspecified atom stereocenters. The SMILES string of the molecule is Cc1ccn2c(N=Nc3ccc(O)cc3)c(-c3ccc(C)c(C)c3)nc2c1. The quantitative estimate of drug-likeness (QED) is 0.454. The number of hydrogen-bond donors (Lipinski definition) is 1. The van der Waals surface area contributed by atoms with Crippen LogP contribution in [0.15, 0.2) is 71.0 Å². The zero-order valence-corrected chi connectivity index (χ0v) is 15.5. The summed E-state index contributed by atoms with van der Waals surface area (Å²) in [5.74, 6) is 0.886. The second kappa shape index (κ2) is 6.68. The molecule has 134 valence electrons. The van der Waals surface area contributed by atoms with Crippen LogP contribution in [0, 0.1) is 20.8 Å². The predicted octanol–water partition coefficient (Wildman–Crippen LogP) is 6.05. The molecule has 0 fully saturated rings. The van der Waals surface area contributed by atoms with E-state index < -0.39 is 0 Å². The third-order valence-electron chi connectivity index (χ3n) is 4.65. The third kappa shape index (κ3) is 3.31. The summed E-state index contributed by atoms with van der Waals surface area (Å²) in [6.07, 6.45) is 1.97. The van der Waals surface area contributed by atoms with E-state index in [2.05, 4.69) is 42.3 Å². The van der Waals surface area contributed by atoms with Crippen molar-refractivity contribution in [2.45, 2.75) is 20.8 Å². The molecule has 0 radical (unpaired) electrons. The number of imidazole rings is 1. The summed E-state index contributed by atoms with van der Waals surface area (Å²) in [5.41, 5.74) is 6.91. The van der Waals surface area contributed by atoms with Gasteiger partial charge < -0.3 is 5.11 Å². The van der Waals surface area contributed by atoms with Crippen LogP contribution >= 0.6 is 0 Å². The van der Waals surface area contributed by atoms with Gasteiger partial charge in [0.1, 0.15) is 17.1 Å². The highest BCUT2D eigenvalue weighted by Crippen LogP contribution is 2.33. The molecule has 4 rings (SSSR count). The molecule has 5 heteroatoms. The van der Waals surface area contributed by atoms with Gasteiger partial charge in [-0.2, -0.15) is 0 Å². The summed E-state index contributed by atoms with van der Waals surface area (Å²) in [7, 11) is 0. The Hall–Kier alpha value is -3.47. The number of rotatable bonds is 3. The van der Waals surface area contributed by atoms with Gasteiger partial charge in [0, 0.05) is 11.8 Å². The maximum atomic E-state index is 9.43. The molecule has 0 saturated heterocycles. The Bertz CT molecular complexity index is 1160. The number of aryl methyl sites for hydroxylation is 3. The van der Waals surface area contributed by atoms with E-state index in [0.29, 0.717) is 11.5 Å². The molecular formula is C22H20N4O. The van der Waals surface area contributed by atoms with Gasteiger partial charge in [0.25, 0.3) is 0 Å². The summed E-state index contributed by atoms with van der Waals surface area (Å²) >= 11 is 0. The largest absolute Gasteiger partial charge is 0.508 e. The van der Waals surface area contributed by atoms with Gasteiger partial charge in [0.05, 0.1) is 5.69 Å². The first kappa shape index (κ1) is 17.0. The van der Waals surface area contributed by atoms with Crippen LogP contribution in [-0.2, 0) is 0 Å². The molecule has 27 heavy (non-hydrogen) atoms. The summed E-state index contributed by atoms with van der Waals surface area (Å²) in [6, 6.07) is 17.0. The highest BCUT2D eigenvalue weighted by Gasteiger charge is 2.14. The Morgan fingerprint density at radius 1 is 0.852 bits per heavy atom. The minimum absolute atomic E-state index is 0.204. The van der Waals surface area contributed by atoms with Gasteiger partial charge in [-0.25, -0.2) is 4.98 Å². The van der Waals surface area contributed by atoms with Gasteiger partial charge >= 0.3 is 0 Å². The summed E-state index contributed by atoms with van der Waals surface area (Å²) in [6.45, 7) is 6.23. The molecule has 0 atom stereocenters. The third-order valence-corrected chi connectivity index (χ3v) is 4.65. The first-order chi connectivity index (χ1) is 13.0. The van der Waals surface area contributed by atoms with Crippen LogP contribution in [0.2, 0.25) is 0 Å². The van der Waals surface area contributed by atoms with Crippen LogP contribution in [0.1, 0.15) is 16.7 Å². The molecule has 1 N–H and O–H groups in total. The van der Waals surface area contributed by atoms with E-state index in [1.807, 2.05) is 29.7 Å². The van der Waals surface area contributed by atoms with Crippen molar-refractivity contribution in [3.05, 3.63) is 77.5 Å². The lowest BCUT2D eigenvalue weighted by molar-refractivity contribution is 0.475. The van der Waals surface area contributed by atoms with Crippen molar-refractivity contribution in [2.24, 2.45) is 10.2 Å². The molecule has 0 aliphatic rings. The molecule has 0 amide bonds. The second-order valence-electron chi connectivity index (χ2n) is 6.73. The second-order valence-corrected chi connectivity index (χ2v) is 6.73. The predicted molar refractivity (Wildman–Crippen MR) is 107 cm³/mol. The molecule has 4 aromatic rings. The van der Waals surface area contributed by atoms with Crippen molar-refractivity contribution in [3.63, 3.8) is 0 Å². The molecule has 0 saturated carbocycles. The summed E-state index contributed by atoms with van der Waals surface area (Å²) in [5, 5.41) is 18.3. The van der Waals surface area contributed by atoms with Crippen molar-refractivity contribution in [3.8, 4) is 17.0 Å². The van der Waals surface area contributed by atoms with Crippen LogP contribution in [0.25, 0.3) is 16.9 Å². The van der Waals surface area contributed by atoms with Crippen molar-refractivity contribution in [1.82, 2.24) is 9.38 Å². The number of fused-ring (bicyclic) bond motifs is 1. The molecule has 0 aliphatic heterocycles. The number of azo groups is 1. The van der Waals surface area contributed by atoms with E-state index in [1.54, 1.807) is 24.3 Å². The van der Waals surface area contributed by atoms with Crippen LogP contribution in [0.4, 0.5) is 11.5 Å². The number of benzene rings is 2. The van der Waals surface area contributed by atoms with Gasteiger partial charge in [0.2, 0.25) is 0 Å². The van der Waals surface area contributed by atoms with E-state index in [-0.39, 0.29) is 5.75 Å². The number of nitrogens with zero attached hydrogens (tertiary/aromatic N) is 4. The van der Waals surface area contributed by atoms with E-state index in [0.717, 1.165) is 22.5 Å². The minimum atomic E-state index is 0.204. The Labute approximate surface area is 157 Å². The van der Waals surface area contributed by atoms with Crippen molar-refractivity contribution < 1.29 is 5.11 Å². The normalized spacial score (nSPS) is 11.5. The van der Waals surface area contributed by atoms with E-state index in [1.165, 1.54) is 11.1 Å². The number of aromatic hydroxyl groups is 1. The highest BCUT2D eigenvalue weighted by atomic mass is 16.3. The smallest absolute Gasteiger partial charge is 0.187 e. The fourth-order valence-electron chi connectivity index (χ4n) is 2.94. The molecule has 0 bridgehead atoms. The van der Waals surface area contributed by atoms with E-state index in [9.17, 15) is 5.11 Å². The fraction of sp³-hybridized carbons (Fsp3) is 0.136. The van der Waals surface area contributed by atoms with Crippen LogP contribution in [-0.4, -0.2) is 14.5 Å². The van der Waals surface area contributed by atoms with Crippen LogP contribution < -0.4 is 0 Å². The number of phenolic OH excluding ortho intramolecular Hbond substituents is 1. The summed E-state index contributed by atoms with van der Waals surface area (Å²) in [4.78, 5) is 4.81. The average Bonchev–Trinajstić information content (AvgIpc) is 3.01. The fourth-order valence-corrected chi connectivity index (χ4v) is 2.94. The Balaban J connectivity index is 1.88. The number of hydrogen-bond acceptors (Lipinski definition) is 4. The molecule has 0 aliphatic carbocycles. The molecule has 2 heterocycles. The number of pyridine rings is 1. The minimum Gasteiger partial charge on any atom is -0.508 e. The van der Waals surface area contributed by atoms with E-state index in [4.69, 9.17) is 4.98 Å². The van der Waals surface area contributed by atoms with Crippen molar-refractivity contribution in [2.75, 3.05) is 0 Å². The Morgan fingerprint density at radius 3 is 2.37 bits per heavy atom. The van der Waals surface area contributed by atoms with Crippen molar-refractivity contribution >= 4 is 17.2 Å². The lowest BCUT2D eigenvalue weighted by atomic mass is 10.0. The van der Waals surface area contributed by atoms with Crippen LogP contribution in [0.3, 0.4) is 0 Å². The monoisotopic (exact) mass is 356 g/mol. The Kier molecular flexibility index (Phi) is 4.20. The number of phenols is 1. The first-order valence-electron chi connectivity index (χ1n) is 8.78. The van der Waals surface area contributed by atoms with E-state index >= 15 is 0 Å². The molecule has 5 nitrogen and oxygen atoms in total. The lowest BCUT2D eigenvalue weighted by Crippen LogP contribution is -1.85. The van der Waals surface area contributed by atoms with Gasteiger partial charge in [-0.15, -0.1) is 10.2 Å². The maximum Gasteiger partial charge on any atom is 0.187 e. The Morgan fingerprint density at radius 2 is 1.63 bits per heavy atom. The van der Waals surface area contributed by atoms with Gasteiger partial charge in [-0.3, -0.25) is 4.40 Å². The van der Waals surface area contributed by atoms with Gasteiger partial charge in [-0.1, -0.05) is 12.1 Å². The highest BCUT2D eigenvalue weighted by molar-refractivity contribution is 5.75. The van der Waals surface area contributed by atoms with Gasteiger partial charge in [0.15, 0.2) is 5.82 Å². The zero-order valence-electron chi connectivity index (χ0n) is 15.5. The van der Waals surface area contributed by atoms with Crippen molar-refractivity contribution in [1.29, 1.82) is 0 Å². The standard InChI is InChI=1S/C22H20N4O/c1-14-10-11-26-20(12-14)23-21(17-5-4-15(2)16(3)13-17)22(26)25-24-18-6-8-19(27)9-7-18/h4-13,27H,1-3H3. The molecule has 2 aromatic carbocycles. The molecule has 0 spiro atoms. The molecule has 2 aromatic heterocycles. The topological polar surface area (TPSA) is 62.2 Å². The van der Waals surface area contributed by atoms with Gasteiger partial charge in [-0.05, 0) is 79.9 Å². The molecular weight excluding hydrogens is 336 g/mol. The average molecular weight is 356 g/mol. The number of aromatic nitrogens is 2. The van der Waals surface area contributed by atoms with Crippen LogP contribution in [0.5, 0.6) is 5.75 Å². The first-order valence-corrected chi connectivity index (χ1v) is 8.78.